The van der Waals surface area contributed by atoms with Gasteiger partial charge >= 0.3 is 0 Å². The number of unbranched alkanes of at least 4 members (excludes halogenated alkanes) is 5. The lowest BCUT2D eigenvalue weighted by molar-refractivity contribution is -0.0433. The Labute approximate surface area is 151 Å². The van der Waals surface area contributed by atoms with E-state index in [4.69, 9.17) is 4.74 Å². The highest BCUT2D eigenvalue weighted by Gasteiger charge is 2.38. The second kappa shape index (κ2) is 10.8. The SMILES string of the molecule is CCCCCCCCC(c1cc(F)c(F)cc1F)C(CC)(CC)OC. The van der Waals surface area contributed by atoms with Crippen LogP contribution in [0, 0.1) is 17.5 Å². The van der Waals surface area contributed by atoms with Crippen LogP contribution in [0.25, 0.3) is 0 Å². The van der Waals surface area contributed by atoms with Crippen molar-refractivity contribution in [3.63, 3.8) is 0 Å². The quantitative estimate of drug-likeness (QED) is 0.285. The Bertz CT molecular complexity index is 504. The van der Waals surface area contributed by atoms with Gasteiger partial charge in [-0.2, -0.15) is 0 Å². The van der Waals surface area contributed by atoms with Crippen molar-refractivity contribution in [2.75, 3.05) is 7.11 Å². The maximum atomic E-state index is 14.4. The third kappa shape index (κ3) is 5.73. The minimum absolute atomic E-state index is 0.234. The highest BCUT2D eigenvalue weighted by atomic mass is 19.2. The van der Waals surface area contributed by atoms with Crippen molar-refractivity contribution < 1.29 is 17.9 Å². The molecule has 0 bridgehead atoms. The molecule has 0 aromatic heterocycles. The normalized spacial score (nSPS) is 13.2. The average molecular weight is 358 g/mol. The summed E-state index contributed by atoms with van der Waals surface area (Å²) in [6.45, 7) is 6.18. The summed E-state index contributed by atoms with van der Waals surface area (Å²) in [5, 5.41) is 0. The summed E-state index contributed by atoms with van der Waals surface area (Å²) >= 11 is 0. The number of benzene rings is 1. The van der Waals surface area contributed by atoms with Gasteiger partial charge in [0, 0.05) is 19.1 Å². The van der Waals surface area contributed by atoms with Crippen molar-refractivity contribution in [1.82, 2.24) is 0 Å². The van der Waals surface area contributed by atoms with Crippen molar-refractivity contribution >= 4 is 0 Å². The maximum Gasteiger partial charge on any atom is 0.161 e. The molecule has 1 rings (SSSR count). The van der Waals surface area contributed by atoms with Crippen LogP contribution in [0.2, 0.25) is 0 Å². The van der Waals surface area contributed by atoms with E-state index in [9.17, 15) is 13.2 Å². The first-order chi connectivity index (χ1) is 12.0. The van der Waals surface area contributed by atoms with E-state index in [-0.39, 0.29) is 11.5 Å². The largest absolute Gasteiger partial charge is 0.378 e. The molecule has 0 radical (unpaired) electrons. The summed E-state index contributed by atoms with van der Waals surface area (Å²) in [4.78, 5) is 0. The van der Waals surface area contributed by atoms with Gasteiger partial charge in [-0.25, -0.2) is 13.2 Å². The van der Waals surface area contributed by atoms with Gasteiger partial charge in [-0.3, -0.25) is 0 Å². The Morgan fingerprint density at radius 1 is 0.840 bits per heavy atom. The number of hydrogen-bond donors (Lipinski definition) is 0. The lowest BCUT2D eigenvalue weighted by Gasteiger charge is -2.39. The molecule has 25 heavy (non-hydrogen) atoms. The highest BCUT2D eigenvalue weighted by molar-refractivity contribution is 5.27. The second-order valence-electron chi connectivity index (χ2n) is 6.87. The van der Waals surface area contributed by atoms with E-state index in [1.54, 1.807) is 7.11 Å². The van der Waals surface area contributed by atoms with Crippen LogP contribution in [-0.4, -0.2) is 12.7 Å². The van der Waals surface area contributed by atoms with Gasteiger partial charge < -0.3 is 4.74 Å². The zero-order chi connectivity index (χ0) is 18.9. The Balaban J connectivity index is 3.02. The van der Waals surface area contributed by atoms with E-state index in [1.807, 2.05) is 13.8 Å². The van der Waals surface area contributed by atoms with Crippen LogP contribution < -0.4 is 0 Å². The number of rotatable bonds is 12. The van der Waals surface area contributed by atoms with Crippen molar-refractivity contribution in [2.24, 2.45) is 0 Å². The molecule has 0 heterocycles. The Morgan fingerprint density at radius 3 is 1.96 bits per heavy atom. The first kappa shape index (κ1) is 22.0. The van der Waals surface area contributed by atoms with E-state index in [0.29, 0.717) is 25.3 Å². The van der Waals surface area contributed by atoms with Crippen LogP contribution in [0.3, 0.4) is 0 Å². The Morgan fingerprint density at radius 2 is 1.40 bits per heavy atom. The summed E-state index contributed by atoms with van der Waals surface area (Å²) in [5.74, 6) is -3.11. The molecular weight excluding hydrogens is 325 g/mol. The molecule has 0 fully saturated rings. The topological polar surface area (TPSA) is 9.23 Å². The lowest BCUT2D eigenvalue weighted by atomic mass is 9.75. The number of halogens is 3. The Kier molecular flexibility index (Phi) is 9.55. The summed E-state index contributed by atoms with van der Waals surface area (Å²) in [6, 6.07) is 1.68. The van der Waals surface area contributed by atoms with E-state index in [0.717, 1.165) is 25.3 Å². The van der Waals surface area contributed by atoms with Crippen LogP contribution >= 0.6 is 0 Å². The van der Waals surface area contributed by atoms with Crippen LogP contribution in [0.15, 0.2) is 12.1 Å². The van der Waals surface area contributed by atoms with Gasteiger partial charge in [-0.05, 0) is 30.9 Å². The van der Waals surface area contributed by atoms with Gasteiger partial charge in [0.25, 0.3) is 0 Å². The zero-order valence-corrected chi connectivity index (χ0v) is 16.1. The standard InChI is InChI=1S/C21H33F3O/c1-5-8-9-10-11-12-13-17(21(6-2,7-3)25-4)16-14-19(23)20(24)15-18(16)22/h14-15,17H,5-13H2,1-4H3. The predicted octanol–water partition coefficient (Wildman–Crippen LogP) is 7.14. The van der Waals surface area contributed by atoms with Crippen LogP contribution in [-0.2, 0) is 4.74 Å². The van der Waals surface area contributed by atoms with Gasteiger partial charge in [0.15, 0.2) is 11.6 Å². The summed E-state index contributed by atoms with van der Waals surface area (Å²) in [5.41, 5.74) is -0.327. The Hall–Kier alpha value is -1.03. The minimum atomic E-state index is -1.14. The van der Waals surface area contributed by atoms with Gasteiger partial charge in [0.1, 0.15) is 5.82 Å². The molecule has 0 spiro atoms. The number of ether oxygens (including phenoxy) is 1. The molecule has 1 aromatic rings. The molecule has 1 nitrogen and oxygen atoms in total. The molecule has 4 heteroatoms. The molecule has 0 aliphatic carbocycles. The van der Waals surface area contributed by atoms with Crippen molar-refractivity contribution in [1.29, 1.82) is 0 Å². The molecule has 1 unspecified atom stereocenters. The summed E-state index contributed by atoms with van der Waals surface area (Å²) < 4.78 is 47.3. The number of methoxy groups -OCH3 is 1. The second-order valence-corrected chi connectivity index (χ2v) is 6.87. The zero-order valence-electron chi connectivity index (χ0n) is 16.1. The monoisotopic (exact) mass is 358 g/mol. The summed E-state index contributed by atoms with van der Waals surface area (Å²) in [7, 11) is 1.62. The van der Waals surface area contributed by atoms with Gasteiger partial charge in [0.05, 0.1) is 5.60 Å². The third-order valence-corrected chi connectivity index (χ3v) is 5.50. The van der Waals surface area contributed by atoms with E-state index in [2.05, 4.69) is 6.92 Å². The third-order valence-electron chi connectivity index (χ3n) is 5.50. The molecule has 0 aliphatic heterocycles. The van der Waals surface area contributed by atoms with Crippen molar-refractivity contribution in [3.05, 3.63) is 35.1 Å². The van der Waals surface area contributed by atoms with Gasteiger partial charge in [-0.1, -0.05) is 59.3 Å². The van der Waals surface area contributed by atoms with Crippen LogP contribution in [0.5, 0.6) is 0 Å². The fourth-order valence-electron chi connectivity index (χ4n) is 3.81. The fraction of sp³-hybridized carbons (Fsp3) is 0.714. The molecule has 144 valence electrons. The number of hydrogen-bond acceptors (Lipinski definition) is 1. The van der Waals surface area contributed by atoms with E-state index in [1.165, 1.54) is 19.3 Å². The lowest BCUT2D eigenvalue weighted by Crippen LogP contribution is -2.38. The molecule has 0 amide bonds. The first-order valence-corrected chi connectivity index (χ1v) is 9.65. The summed E-state index contributed by atoms with van der Waals surface area (Å²) in [6.07, 6.45) is 8.87. The maximum absolute atomic E-state index is 14.4. The highest BCUT2D eigenvalue weighted by Crippen LogP contribution is 2.41. The minimum Gasteiger partial charge on any atom is -0.378 e. The van der Waals surface area contributed by atoms with Gasteiger partial charge in [0.2, 0.25) is 0 Å². The molecular formula is C21H33F3O. The molecule has 0 saturated carbocycles. The fourth-order valence-corrected chi connectivity index (χ4v) is 3.81. The molecule has 0 aliphatic rings. The predicted molar refractivity (Wildman–Crippen MR) is 97.4 cm³/mol. The van der Waals surface area contributed by atoms with Gasteiger partial charge in [-0.15, -0.1) is 0 Å². The van der Waals surface area contributed by atoms with E-state index >= 15 is 0 Å². The van der Waals surface area contributed by atoms with Crippen molar-refractivity contribution in [2.45, 2.75) is 90.1 Å². The first-order valence-electron chi connectivity index (χ1n) is 9.65. The molecule has 1 aromatic carbocycles. The van der Waals surface area contributed by atoms with Crippen LogP contribution in [0.1, 0.15) is 90.0 Å². The smallest absolute Gasteiger partial charge is 0.161 e. The molecule has 0 saturated heterocycles. The van der Waals surface area contributed by atoms with E-state index < -0.39 is 23.1 Å². The average Bonchev–Trinajstić information content (AvgIpc) is 2.61. The van der Waals surface area contributed by atoms with Crippen LogP contribution in [0.4, 0.5) is 13.2 Å². The molecule has 1 atom stereocenters. The van der Waals surface area contributed by atoms with Crippen molar-refractivity contribution in [3.8, 4) is 0 Å². The molecule has 0 N–H and O–H groups in total.